The molecule has 0 fully saturated rings. The first-order chi connectivity index (χ1) is 17.3. The summed E-state index contributed by atoms with van der Waals surface area (Å²) in [7, 11) is 4.71. The van der Waals surface area contributed by atoms with Gasteiger partial charge in [0.15, 0.2) is 16.3 Å². The first-order valence-electron chi connectivity index (χ1n) is 11.1. The van der Waals surface area contributed by atoms with Crippen molar-refractivity contribution in [3.8, 4) is 17.2 Å². The second-order valence-electron chi connectivity index (χ2n) is 7.81. The van der Waals surface area contributed by atoms with Crippen LogP contribution in [0.5, 0.6) is 17.2 Å². The summed E-state index contributed by atoms with van der Waals surface area (Å²) in [6, 6.07) is 10.3. The number of nitrogens with zero attached hydrogens (tertiary/aromatic N) is 2. The van der Waals surface area contributed by atoms with Crippen LogP contribution in [0, 0.1) is 3.57 Å². The smallest absolute Gasteiger partial charge is 0.338 e. The van der Waals surface area contributed by atoms with E-state index in [1.165, 1.54) is 18.4 Å². The zero-order valence-corrected chi connectivity index (χ0v) is 23.4. The number of carbonyl (C=O) groups is 1. The fraction of sp³-hybridized carbons (Fsp3) is 0.269. The van der Waals surface area contributed by atoms with Crippen molar-refractivity contribution in [3.05, 3.63) is 82.1 Å². The zero-order chi connectivity index (χ0) is 26.0. The minimum Gasteiger partial charge on any atom is -0.496 e. The molecule has 10 heteroatoms. The Hall–Kier alpha value is -3.12. The lowest BCUT2D eigenvalue weighted by molar-refractivity contribution is -0.139. The Bertz CT molecular complexity index is 1540. The number of methoxy groups -OCH3 is 3. The summed E-state index contributed by atoms with van der Waals surface area (Å²) >= 11 is 3.47. The van der Waals surface area contributed by atoms with Crippen molar-refractivity contribution < 1.29 is 23.7 Å². The molecule has 188 valence electrons. The maximum Gasteiger partial charge on any atom is 0.338 e. The highest BCUT2D eigenvalue weighted by atomic mass is 127. The van der Waals surface area contributed by atoms with E-state index in [0.29, 0.717) is 37.7 Å². The molecule has 0 aliphatic carbocycles. The second-order valence-corrected chi connectivity index (χ2v) is 9.98. The number of ether oxygens (including phenoxy) is 4. The summed E-state index contributed by atoms with van der Waals surface area (Å²) < 4.78 is 24.5. The van der Waals surface area contributed by atoms with E-state index in [2.05, 4.69) is 27.6 Å². The van der Waals surface area contributed by atoms with Crippen molar-refractivity contribution in [2.24, 2.45) is 4.99 Å². The molecule has 36 heavy (non-hydrogen) atoms. The molecule has 0 N–H and O–H groups in total. The van der Waals surface area contributed by atoms with Gasteiger partial charge in [-0.15, -0.1) is 0 Å². The normalized spacial score (nSPS) is 15.3. The van der Waals surface area contributed by atoms with Crippen LogP contribution in [0.1, 0.15) is 31.0 Å². The molecule has 3 aromatic rings. The molecule has 0 amide bonds. The fourth-order valence-electron chi connectivity index (χ4n) is 4.05. The number of thiazole rings is 1. The maximum absolute atomic E-state index is 13.7. The van der Waals surface area contributed by atoms with Crippen molar-refractivity contribution in [3.63, 3.8) is 0 Å². The summed E-state index contributed by atoms with van der Waals surface area (Å²) in [5.41, 5.74) is 2.09. The molecule has 1 aromatic heterocycles. The molecular formula is C26H25IN2O6S. The number of carbonyl (C=O) groups excluding carboxylic acids is 1. The number of rotatable bonds is 7. The number of benzene rings is 2. The summed E-state index contributed by atoms with van der Waals surface area (Å²) in [5.74, 6) is 1.28. The third-order valence-electron chi connectivity index (χ3n) is 5.71. The first-order valence-corrected chi connectivity index (χ1v) is 13.0. The Morgan fingerprint density at radius 1 is 1.08 bits per heavy atom. The van der Waals surface area contributed by atoms with E-state index in [9.17, 15) is 9.59 Å². The van der Waals surface area contributed by atoms with Crippen LogP contribution in [0.4, 0.5) is 0 Å². The molecule has 0 bridgehead atoms. The number of fused-ring (bicyclic) bond motifs is 1. The summed E-state index contributed by atoms with van der Waals surface area (Å²) in [4.78, 5) is 31.9. The van der Waals surface area contributed by atoms with E-state index in [0.717, 1.165) is 14.9 Å². The molecule has 2 heterocycles. The van der Waals surface area contributed by atoms with E-state index >= 15 is 0 Å². The van der Waals surface area contributed by atoms with Gasteiger partial charge in [0.2, 0.25) is 0 Å². The maximum atomic E-state index is 13.7. The minimum atomic E-state index is -0.738. The van der Waals surface area contributed by atoms with Crippen LogP contribution in [0.3, 0.4) is 0 Å². The number of hydrogen-bond acceptors (Lipinski definition) is 8. The third-order valence-corrected chi connectivity index (χ3v) is 7.54. The van der Waals surface area contributed by atoms with Gasteiger partial charge in [0.1, 0.15) is 5.75 Å². The third kappa shape index (κ3) is 4.79. The van der Waals surface area contributed by atoms with Gasteiger partial charge in [0, 0.05) is 0 Å². The Labute approximate surface area is 225 Å². The van der Waals surface area contributed by atoms with Gasteiger partial charge in [-0.05, 0) is 77.9 Å². The van der Waals surface area contributed by atoms with E-state index in [1.54, 1.807) is 44.8 Å². The molecule has 2 aromatic carbocycles. The Morgan fingerprint density at radius 2 is 1.78 bits per heavy atom. The van der Waals surface area contributed by atoms with Crippen LogP contribution >= 0.6 is 33.9 Å². The first kappa shape index (κ1) is 26.0. The molecule has 1 atom stereocenters. The monoisotopic (exact) mass is 620 g/mol. The predicted octanol–water partition coefficient (Wildman–Crippen LogP) is 3.43. The minimum absolute atomic E-state index is 0.203. The second kappa shape index (κ2) is 10.9. The van der Waals surface area contributed by atoms with Gasteiger partial charge in [-0.2, -0.15) is 0 Å². The Kier molecular flexibility index (Phi) is 7.84. The van der Waals surface area contributed by atoms with Gasteiger partial charge in [-0.1, -0.05) is 23.5 Å². The molecule has 0 saturated carbocycles. The van der Waals surface area contributed by atoms with Gasteiger partial charge >= 0.3 is 5.97 Å². The Balaban J connectivity index is 1.95. The van der Waals surface area contributed by atoms with Crippen molar-refractivity contribution in [2.45, 2.75) is 19.9 Å². The van der Waals surface area contributed by atoms with Gasteiger partial charge < -0.3 is 18.9 Å². The lowest BCUT2D eigenvalue weighted by Crippen LogP contribution is -2.40. The van der Waals surface area contributed by atoms with Gasteiger partial charge in [-0.3, -0.25) is 9.36 Å². The number of esters is 1. The molecule has 1 aliphatic heterocycles. The van der Waals surface area contributed by atoms with Crippen LogP contribution in [0.15, 0.2) is 57.5 Å². The van der Waals surface area contributed by atoms with E-state index < -0.39 is 12.0 Å². The number of hydrogen-bond donors (Lipinski definition) is 0. The average Bonchev–Trinajstić information content (AvgIpc) is 3.17. The predicted molar refractivity (Wildman–Crippen MR) is 146 cm³/mol. The zero-order valence-electron chi connectivity index (χ0n) is 20.5. The highest BCUT2D eigenvalue weighted by molar-refractivity contribution is 14.1. The number of allylic oxidation sites excluding steroid dienone is 1. The fourth-order valence-corrected chi connectivity index (χ4v) is 5.86. The average molecular weight is 620 g/mol. The largest absolute Gasteiger partial charge is 0.496 e. The van der Waals surface area contributed by atoms with Gasteiger partial charge in [0.25, 0.3) is 5.56 Å². The molecule has 1 aliphatic rings. The molecule has 0 radical (unpaired) electrons. The van der Waals surface area contributed by atoms with Crippen LogP contribution in [0.2, 0.25) is 0 Å². The molecule has 8 nitrogen and oxygen atoms in total. The molecular weight excluding hydrogens is 595 g/mol. The Morgan fingerprint density at radius 3 is 2.42 bits per heavy atom. The quantitative estimate of drug-likeness (QED) is 0.297. The van der Waals surface area contributed by atoms with Gasteiger partial charge in [-0.25, -0.2) is 9.79 Å². The summed E-state index contributed by atoms with van der Waals surface area (Å²) in [6.07, 6.45) is 1.82. The lowest BCUT2D eigenvalue weighted by Gasteiger charge is -2.25. The molecule has 0 saturated heterocycles. The van der Waals surface area contributed by atoms with Crippen molar-refractivity contribution in [1.29, 1.82) is 0 Å². The topological polar surface area (TPSA) is 88.4 Å². The SMILES string of the molecule is CCOC(=O)C1=C(C)N=c2s/c(=C\c3ccc(OC)c(I)c3)c(=O)n2C1c1ccc(OC)c(OC)c1. The van der Waals surface area contributed by atoms with Crippen molar-refractivity contribution in [2.75, 3.05) is 27.9 Å². The summed E-state index contributed by atoms with van der Waals surface area (Å²) in [5, 5.41) is 0. The summed E-state index contributed by atoms with van der Waals surface area (Å²) in [6.45, 7) is 3.70. The van der Waals surface area contributed by atoms with Gasteiger partial charge in [0.05, 0.1) is 53.4 Å². The highest BCUT2D eigenvalue weighted by Crippen LogP contribution is 2.36. The van der Waals surface area contributed by atoms with Crippen LogP contribution in [-0.4, -0.2) is 38.5 Å². The van der Waals surface area contributed by atoms with Crippen LogP contribution in [-0.2, 0) is 9.53 Å². The van der Waals surface area contributed by atoms with Crippen molar-refractivity contribution >= 4 is 46.0 Å². The van der Waals surface area contributed by atoms with Crippen molar-refractivity contribution in [1.82, 2.24) is 4.57 Å². The van der Waals surface area contributed by atoms with Crippen LogP contribution < -0.4 is 29.1 Å². The molecule has 4 rings (SSSR count). The molecule has 1 unspecified atom stereocenters. The standard InChI is InChI=1S/C26H25IN2O6S/c1-6-35-25(31)22-14(2)28-26-29(23(22)16-8-10-19(33-4)20(13-16)34-5)24(30)21(36-26)12-15-7-9-18(32-3)17(27)11-15/h7-13,23H,6H2,1-5H3/b21-12-. The number of halogens is 1. The van der Waals surface area contributed by atoms with E-state index in [1.807, 2.05) is 30.3 Å². The van der Waals surface area contributed by atoms with E-state index in [4.69, 9.17) is 18.9 Å². The highest BCUT2D eigenvalue weighted by Gasteiger charge is 2.33. The van der Waals surface area contributed by atoms with Crippen LogP contribution in [0.25, 0.3) is 6.08 Å². The molecule has 0 spiro atoms. The lowest BCUT2D eigenvalue weighted by atomic mass is 9.95. The number of aromatic nitrogens is 1. The van der Waals surface area contributed by atoms with E-state index in [-0.39, 0.29) is 12.2 Å².